The minimum absolute atomic E-state index is 0.770. The molecule has 0 bridgehead atoms. The Labute approximate surface area is 114 Å². The summed E-state index contributed by atoms with van der Waals surface area (Å²) < 4.78 is 5.16. The number of halogens is 1. The van der Waals surface area contributed by atoms with Gasteiger partial charge in [-0.15, -0.1) is 0 Å². The van der Waals surface area contributed by atoms with Gasteiger partial charge in [-0.05, 0) is 50.2 Å². The van der Waals surface area contributed by atoms with Gasteiger partial charge in [-0.2, -0.15) is 0 Å². The van der Waals surface area contributed by atoms with Crippen LogP contribution >= 0.6 is 11.6 Å². The third-order valence-corrected chi connectivity index (χ3v) is 3.78. The van der Waals surface area contributed by atoms with E-state index in [0.717, 1.165) is 48.4 Å². The number of methoxy groups -OCH3 is 1. The van der Waals surface area contributed by atoms with E-state index >= 15 is 0 Å². The van der Waals surface area contributed by atoms with E-state index in [2.05, 4.69) is 17.3 Å². The molecule has 0 aliphatic carbocycles. The summed E-state index contributed by atoms with van der Waals surface area (Å²) in [6.45, 7) is 4.30. The van der Waals surface area contributed by atoms with Crippen LogP contribution in [0.5, 0.6) is 5.75 Å². The zero-order chi connectivity index (χ0) is 13.0. The number of nitrogens with one attached hydrogen (secondary N) is 1. The lowest BCUT2D eigenvalue weighted by Crippen LogP contribution is -2.26. The molecule has 1 saturated heterocycles. The van der Waals surface area contributed by atoms with Crippen LogP contribution in [0.2, 0.25) is 5.02 Å². The van der Waals surface area contributed by atoms with Gasteiger partial charge in [-0.25, -0.2) is 0 Å². The van der Waals surface area contributed by atoms with Gasteiger partial charge in [-0.3, -0.25) is 0 Å². The Morgan fingerprint density at radius 1 is 1.50 bits per heavy atom. The SMILES string of the molecule is COc1ccc(CN(C)CC2CCNC2)c(Cl)c1. The molecule has 0 radical (unpaired) electrons. The summed E-state index contributed by atoms with van der Waals surface area (Å²) in [5.74, 6) is 1.58. The van der Waals surface area contributed by atoms with Crippen molar-refractivity contribution < 1.29 is 4.74 Å². The number of hydrogen-bond donors (Lipinski definition) is 1. The molecule has 0 spiro atoms. The van der Waals surface area contributed by atoms with E-state index in [-0.39, 0.29) is 0 Å². The van der Waals surface area contributed by atoms with Crippen molar-refractivity contribution >= 4 is 11.6 Å². The van der Waals surface area contributed by atoms with E-state index in [1.807, 2.05) is 18.2 Å². The van der Waals surface area contributed by atoms with Crippen molar-refractivity contribution in [2.45, 2.75) is 13.0 Å². The average molecular weight is 269 g/mol. The fraction of sp³-hybridized carbons (Fsp3) is 0.571. The quantitative estimate of drug-likeness (QED) is 0.888. The highest BCUT2D eigenvalue weighted by Crippen LogP contribution is 2.23. The molecule has 1 aliphatic rings. The fourth-order valence-corrected chi connectivity index (χ4v) is 2.68. The van der Waals surface area contributed by atoms with Gasteiger partial charge in [0.15, 0.2) is 0 Å². The number of hydrogen-bond acceptors (Lipinski definition) is 3. The van der Waals surface area contributed by atoms with Gasteiger partial charge in [0.1, 0.15) is 5.75 Å². The molecule has 1 heterocycles. The van der Waals surface area contributed by atoms with Crippen LogP contribution in [0, 0.1) is 5.92 Å². The second-order valence-electron chi connectivity index (χ2n) is 5.01. The Morgan fingerprint density at radius 2 is 2.33 bits per heavy atom. The van der Waals surface area contributed by atoms with Gasteiger partial charge >= 0.3 is 0 Å². The van der Waals surface area contributed by atoms with Crippen molar-refractivity contribution in [3.63, 3.8) is 0 Å². The van der Waals surface area contributed by atoms with E-state index in [4.69, 9.17) is 16.3 Å². The first-order chi connectivity index (χ1) is 8.69. The van der Waals surface area contributed by atoms with Gasteiger partial charge < -0.3 is 15.0 Å². The topological polar surface area (TPSA) is 24.5 Å². The summed E-state index contributed by atoms with van der Waals surface area (Å²) in [7, 11) is 3.81. The monoisotopic (exact) mass is 268 g/mol. The maximum Gasteiger partial charge on any atom is 0.120 e. The largest absolute Gasteiger partial charge is 0.497 e. The van der Waals surface area contributed by atoms with Crippen LogP contribution in [-0.2, 0) is 6.54 Å². The molecule has 18 heavy (non-hydrogen) atoms. The van der Waals surface area contributed by atoms with E-state index in [1.54, 1.807) is 7.11 Å². The summed E-state index contributed by atoms with van der Waals surface area (Å²) in [6.07, 6.45) is 1.28. The molecule has 100 valence electrons. The van der Waals surface area contributed by atoms with Gasteiger partial charge in [-0.1, -0.05) is 17.7 Å². The lowest BCUT2D eigenvalue weighted by molar-refractivity contribution is 0.278. The maximum absolute atomic E-state index is 6.25. The molecular weight excluding hydrogens is 248 g/mol. The van der Waals surface area contributed by atoms with Crippen LogP contribution in [0.15, 0.2) is 18.2 Å². The number of nitrogens with zero attached hydrogens (tertiary/aromatic N) is 1. The second kappa shape index (κ2) is 6.41. The minimum atomic E-state index is 0.770. The van der Waals surface area contributed by atoms with Crippen molar-refractivity contribution in [2.24, 2.45) is 5.92 Å². The molecule has 1 aliphatic heterocycles. The van der Waals surface area contributed by atoms with E-state index < -0.39 is 0 Å². The standard InChI is InChI=1S/C14H21ClN2O/c1-17(9-11-5-6-16-8-11)10-12-3-4-13(18-2)7-14(12)15/h3-4,7,11,16H,5-6,8-10H2,1-2H3. The third-order valence-electron chi connectivity index (χ3n) is 3.43. The fourth-order valence-electron chi connectivity index (χ4n) is 2.45. The van der Waals surface area contributed by atoms with E-state index in [0.29, 0.717) is 0 Å². The molecule has 0 aromatic heterocycles. The van der Waals surface area contributed by atoms with Crippen molar-refractivity contribution in [1.29, 1.82) is 0 Å². The molecule has 3 nitrogen and oxygen atoms in total. The Kier molecular flexibility index (Phi) is 4.87. The Bertz CT molecular complexity index is 391. The van der Waals surface area contributed by atoms with Gasteiger partial charge in [0.2, 0.25) is 0 Å². The smallest absolute Gasteiger partial charge is 0.120 e. The predicted molar refractivity (Wildman–Crippen MR) is 75.3 cm³/mol. The summed E-state index contributed by atoms with van der Waals surface area (Å²) in [6, 6.07) is 5.89. The highest BCUT2D eigenvalue weighted by atomic mass is 35.5. The first-order valence-corrected chi connectivity index (χ1v) is 6.78. The lowest BCUT2D eigenvalue weighted by Gasteiger charge is -2.21. The molecule has 0 amide bonds. The Morgan fingerprint density at radius 3 is 2.94 bits per heavy atom. The summed E-state index contributed by atoms with van der Waals surface area (Å²) >= 11 is 6.25. The molecule has 1 aromatic rings. The van der Waals surface area contributed by atoms with Crippen molar-refractivity contribution in [1.82, 2.24) is 10.2 Å². The van der Waals surface area contributed by atoms with Crippen LogP contribution in [0.1, 0.15) is 12.0 Å². The van der Waals surface area contributed by atoms with Crippen LogP contribution < -0.4 is 10.1 Å². The molecule has 1 aromatic carbocycles. The van der Waals surface area contributed by atoms with Gasteiger partial charge in [0.05, 0.1) is 7.11 Å². The predicted octanol–water partition coefficient (Wildman–Crippen LogP) is 2.39. The maximum atomic E-state index is 6.25. The summed E-state index contributed by atoms with van der Waals surface area (Å²) in [5.41, 5.74) is 1.16. The molecule has 2 rings (SSSR count). The molecule has 0 saturated carbocycles. The Balaban J connectivity index is 1.91. The molecule has 1 fully saturated rings. The van der Waals surface area contributed by atoms with Crippen molar-refractivity contribution in [3.05, 3.63) is 28.8 Å². The van der Waals surface area contributed by atoms with Crippen LogP contribution in [0.3, 0.4) is 0 Å². The number of rotatable bonds is 5. The molecular formula is C14H21ClN2O. The highest BCUT2D eigenvalue weighted by molar-refractivity contribution is 6.31. The summed E-state index contributed by atoms with van der Waals surface area (Å²) in [5, 5.41) is 4.18. The van der Waals surface area contributed by atoms with Crippen molar-refractivity contribution in [2.75, 3.05) is 33.8 Å². The van der Waals surface area contributed by atoms with Crippen LogP contribution in [-0.4, -0.2) is 38.7 Å². The molecule has 1 N–H and O–H groups in total. The molecule has 1 atom stereocenters. The normalized spacial score (nSPS) is 19.4. The van der Waals surface area contributed by atoms with Gasteiger partial charge in [0, 0.05) is 18.1 Å². The zero-order valence-corrected chi connectivity index (χ0v) is 11.8. The van der Waals surface area contributed by atoms with Crippen molar-refractivity contribution in [3.8, 4) is 5.75 Å². The first-order valence-electron chi connectivity index (χ1n) is 6.40. The molecule has 1 unspecified atom stereocenters. The second-order valence-corrected chi connectivity index (χ2v) is 5.42. The summed E-state index contributed by atoms with van der Waals surface area (Å²) in [4.78, 5) is 2.34. The van der Waals surface area contributed by atoms with Crippen LogP contribution in [0.25, 0.3) is 0 Å². The third kappa shape index (κ3) is 3.61. The zero-order valence-electron chi connectivity index (χ0n) is 11.1. The van der Waals surface area contributed by atoms with Gasteiger partial charge in [0.25, 0.3) is 0 Å². The molecule has 4 heteroatoms. The number of ether oxygens (including phenoxy) is 1. The van der Waals surface area contributed by atoms with E-state index in [9.17, 15) is 0 Å². The average Bonchev–Trinajstić information content (AvgIpc) is 2.84. The lowest BCUT2D eigenvalue weighted by atomic mass is 10.1. The van der Waals surface area contributed by atoms with E-state index in [1.165, 1.54) is 6.42 Å². The number of benzene rings is 1. The highest BCUT2D eigenvalue weighted by Gasteiger charge is 2.16. The first kappa shape index (κ1) is 13.7. The Hall–Kier alpha value is -0.770. The van der Waals surface area contributed by atoms with Crippen LogP contribution in [0.4, 0.5) is 0 Å². The minimum Gasteiger partial charge on any atom is -0.497 e.